The van der Waals surface area contributed by atoms with Crippen molar-refractivity contribution in [3.63, 3.8) is 0 Å². The van der Waals surface area contributed by atoms with Gasteiger partial charge in [0.15, 0.2) is 0 Å². The summed E-state index contributed by atoms with van der Waals surface area (Å²) in [7, 11) is 0. The van der Waals surface area contributed by atoms with Crippen molar-refractivity contribution in [1.82, 2.24) is 15.1 Å². The number of carbonyl (C=O) groups excluding carboxylic acids is 1. The van der Waals surface area contributed by atoms with E-state index in [4.69, 9.17) is 0 Å². The first-order chi connectivity index (χ1) is 9.81. The van der Waals surface area contributed by atoms with Crippen molar-refractivity contribution < 1.29 is 4.79 Å². The summed E-state index contributed by atoms with van der Waals surface area (Å²) < 4.78 is 0. The number of halogens is 2. The largest absolute Gasteiger partial charge is 0.340 e. The fraction of sp³-hybridized carbons (Fsp3) is 0.667. The summed E-state index contributed by atoms with van der Waals surface area (Å²) in [6.07, 6.45) is 3.06. The van der Waals surface area contributed by atoms with Gasteiger partial charge in [0.05, 0.1) is 0 Å². The summed E-state index contributed by atoms with van der Waals surface area (Å²) in [5.41, 5.74) is 0. The Morgan fingerprint density at radius 1 is 1.27 bits per heavy atom. The van der Waals surface area contributed by atoms with Crippen LogP contribution >= 0.6 is 36.2 Å². The van der Waals surface area contributed by atoms with E-state index in [1.54, 1.807) is 0 Å². The van der Waals surface area contributed by atoms with Crippen LogP contribution in [-0.4, -0.2) is 54.5 Å². The van der Waals surface area contributed by atoms with E-state index in [1.807, 2.05) is 16.2 Å². The van der Waals surface area contributed by atoms with Crippen LogP contribution in [0, 0.1) is 0 Å². The fourth-order valence-electron chi connectivity index (χ4n) is 3.05. The second-order valence-electron chi connectivity index (χ2n) is 5.73. The molecule has 22 heavy (non-hydrogen) atoms. The minimum Gasteiger partial charge on any atom is -0.340 e. The van der Waals surface area contributed by atoms with E-state index in [9.17, 15) is 4.79 Å². The molecule has 2 fully saturated rings. The molecule has 4 nitrogen and oxygen atoms in total. The molecule has 126 valence electrons. The Morgan fingerprint density at radius 3 is 2.64 bits per heavy atom. The Labute approximate surface area is 149 Å². The van der Waals surface area contributed by atoms with Crippen LogP contribution in [0.4, 0.5) is 0 Å². The number of nitrogens with zero attached hydrogens (tertiary/aromatic N) is 2. The van der Waals surface area contributed by atoms with Crippen LogP contribution in [0.3, 0.4) is 0 Å². The lowest BCUT2D eigenvalue weighted by molar-refractivity contribution is -0.133. The molecule has 3 heterocycles. The number of thiophene rings is 1. The van der Waals surface area contributed by atoms with Gasteiger partial charge in [-0.25, -0.2) is 0 Å². The van der Waals surface area contributed by atoms with E-state index in [1.165, 1.54) is 11.3 Å². The summed E-state index contributed by atoms with van der Waals surface area (Å²) >= 11 is 1.81. The average Bonchev–Trinajstić information content (AvgIpc) is 3.13. The second-order valence-corrected chi connectivity index (χ2v) is 6.77. The highest BCUT2D eigenvalue weighted by molar-refractivity contribution is 7.09. The van der Waals surface area contributed by atoms with Crippen molar-refractivity contribution in [3.05, 3.63) is 22.4 Å². The van der Waals surface area contributed by atoms with Crippen LogP contribution in [0.5, 0.6) is 0 Å². The zero-order valence-corrected chi connectivity index (χ0v) is 15.2. The van der Waals surface area contributed by atoms with Gasteiger partial charge in [0.2, 0.25) is 5.91 Å². The summed E-state index contributed by atoms with van der Waals surface area (Å²) in [5.74, 6) is 0.333. The quantitative estimate of drug-likeness (QED) is 0.889. The van der Waals surface area contributed by atoms with Crippen molar-refractivity contribution in [2.75, 3.05) is 32.7 Å². The molecule has 3 rings (SSSR count). The number of hydrogen-bond acceptors (Lipinski definition) is 4. The van der Waals surface area contributed by atoms with Crippen LogP contribution in [0.25, 0.3) is 0 Å². The predicted octanol–water partition coefficient (Wildman–Crippen LogP) is 2.38. The summed E-state index contributed by atoms with van der Waals surface area (Å²) in [5, 5.41) is 5.54. The molecule has 2 aliphatic rings. The molecule has 0 saturated carbocycles. The molecule has 1 N–H and O–H groups in total. The second kappa shape index (κ2) is 9.73. The van der Waals surface area contributed by atoms with Gasteiger partial charge in [0.25, 0.3) is 0 Å². The molecule has 0 radical (unpaired) electrons. The number of hydrogen-bond donors (Lipinski definition) is 1. The Kier molecular flexibility index (Phi) is 8.72. The molecule has 2 saturated heterocycles. The Balaban J connectivity index is 0.00000121. The Bertz CT molecular complexity index is 430. The van der Waals surface area contributed by atoms with E-state index in [0.29, 0.717) is 18.4 Å². The van der Waals surface area contributed by atoms with Gasteiger partial charge >= 0.3 is 0 Å². The molecule has 1 unspecified atom stereocenters. The normalized spacial score (nSPS) is 22.0. The van der Waals surface area contributed by atoms with E-state index in [0.717, 1.165) is 45.7 Å². The van der Waals surface area contributed by atoms with Gasteiger partial charge in [0.1, 0.15) is 0 Å². The summed E-state index contributed by atoms with van der Waals surface area (Å²) in [6, 6.07) is 4.72. The molecule has 0 aromatic carbocycles. The highest BCUT2D eigenvalue weighted by Gasteiger charge is 2.24. The van der Waals surface area contributed by atoms with Crippen molar-refractivity contribution in [1.29, 1.82) is 0 Å². The van der Waals surface area contributed by atoms with Gasteiger partial charge in [-0.1, -0.05) is 6.07 Å². The van der Waals surface area contributed by atoms with Crippen molar-refractivity contribution in [3.8, 4) is 0 Å². The maximum Gasteiger partial charge on any atom is 0.224 e. The van der Waals surface area contributed by atoms with Gasteiger partial charge in [-0.15, -0.1) is 36.2 Å². The molecule has 2 aliphatic heterocycles. The first kappa shape index (κ1) is 19.7. The lowest BCUT2D eigenvalue weighted by Gasteiger charge is -2.35. The topological polar surface area (TPSA) is 35.6 Å². The number of piperazine rings is 1. The van der Waals surface area contributed by atoms with Gasteiger partial charge in [0, 0.05) is 50.1 Å². The molecule has 0 spiro atoms. The monoisotopic (exact) mass is 365 g/mol. The summed E-state index contributed by atoms with van der Waals surface area (Å²) in [4.78, 5) is 18.2. The molecule has 1 aromatic rings. The van der Waals surface area contributed by atoms with Crippen LogP contribution in [0.1, 0.15) is 24.1 Å². The minimum absolute atomic E-state index is 0. The van der Waals surface area contributed by atoms with E-state index in [2.05, 4.69) is 27.7 Å². The SMILES string of the molecule is Cl.Cl.O=C(CC1CCCN1)N1CCN(Cc2cccs2)CC1. The van der Waals surface area contributed by atoms with Crippen molar-refractivity contribution in [2.45, 2.75) is 31.8 Å². The van der Waals surface area contributed by atoms with Gasteiger partial charge in [-0.05, 0) is 30.8 Å². The van der Waals surface area contributed by atoms with Crippen molar-refractivity contribution >= 4 is 42.1 Å². The number of rotatable bonds is 4. The van der Waals surface area contributed by atoms with Gasteiger partial charge < -0.3 is 10.2 Å². The zero-order valence-electron chi connectivity index (χ0n) is 12.7. The van der Waals surface area contributed by atoms with Crippen LogP contribution < -0.4 is 5.32 Å². The molecule has 1 aromatic heterocycles. The molecule has 1 amide bonds. The minimum atomic E-state index is 0. The fourth-order valence-corrected chi connectivity index (χ4v) is 3.80. The highest BCUT2D eigenvalue weighted by atomic mass is 35.5. The van der Waals surface area contributed by atoms with E-state index < -0.39 is 0 Å². The predicted molar refractivity (Wildman–Crippen MR) is 96.3 cm³/mol. The van der Waals surface area contributed by atoms with E-state index in [-0.39, 0.29) is 24.8 Å². The lowest BCUT2D eigenvalue weighted by Crippen LogP contribution is -2.49. The molecule has 0 bridgehead atoms. The molecule has 0 aliphatic carbocycles. The number of carbonyl (C=O) groups is 1. The summed E-state index contributed by atoms with van der Waals surface area (Å²) in [6.45, 7) is 5.88. The average molecular weight is 366 g/mol. The number of amides is 1. The molecule has 7 heteroatoms. The highest BCUT2D eigenvalue weighted by Crippen LogP contribution is 2.15. The molecular weight excluding hydrogens is 341 g/mol. The van der Waals surface area contributed by atoms with Crippen LogP contribution in [0.15, 0.2) is 17.5 Å². The van der Waals surface area contributed by atoms with Crippen LogP contribution in [-0.2, 0) is 11.3 Å². The Morgan fingerprint density at radius 2 is 2.05 bits per heavy atom. The zero-order chi connectivity index (χ0) is 13.8. The third-order valence-electron chi connectivity index (χ3n) is 4.27. The van der Waals surface area contributed by atoms with Gasteiger partial charge in [-0.2, -0.15) is 0 Å². The maximum absolute atomic E-state index is 12.2. The molecule has 1 atom stereocenters. The molecular formula is C15H25Cl2N3OS. The smallest absolute Gasteiger partial charge is 0.224 e. The van der Waals surface area contributed by atoms with E-state index >= 15 is 0 Å². The third-order valence-corrected chi connectivity index (χ3v) is 5.13. The first-order valence-corrected chi connectivity index (χ1v) is 8.45. The van der Waals surface area contributed by atoms with Crippen LogP contribution in [0.2, 0.25) is 0 Å². The number of nitrogens with one attached hydrogen (secondary N) is 1. The van der Waals surface area contributed by atoms with Crippen molar-refractivity contribution in [2.24, 2.45) is 0 Å². The Hall–Kier alpha value is -0.330. The maximum atomic E-state index is 12.2. The van der Waals surface area contributed by atoms with Gasteiger partial charge in [-0.3, -0.25) is 9.69 Å². The standard InChI is InChI=1S/C15H23N3OS.2ClH/c19-15(11-13-3-1-5-16-13)18-8-6-17(7-9-18)12-14-4-2-10-20-14;;/h2,4,10,13,16H,1,3,5-9,11-12H2;2*1H. The first-order valence-electron chi connectivity index (χ1n) is 7.57. The lowest BCUT2D eigenvalue weighted by atomic mass is 10.1. The third kappa shape index (κ3) is 5.39.